The van der Waals surface area contributed by atoms with Crippen LogP contribution in [0.2, 0.25) is 0 Å². The number of benzene rings is 1. The Morgan fingerprint density at radius 1 is 1.27 bits per heavy atom. The normalized spacial score (nSPS) is 25.1. The van der Waals surface area contributed by atoms with Crippen LogP contribution in [-0.2, 0) is 6.18 Å². The van der Waals surface area contributed by atoms with E-state index in [1.807, 2.05) is 4.90 Å². The van der Waals surface area contributed by atoms with Crippen LogP contribution in [0.1, 0.15) is 12.0 Å². The third-order valence-electron chi connectivity index (χ3n) is 4.54. The van der Waals surface area contributed by atoms with Crippen LogP contribution in [0, 0.1) is 22.0 Å². The zero-order valence-corrected chi connectivity index (χ0v) is 11.8. The third kappa shape index (κ3) is 2.75. The lowest BCUT2D eigenvalue weighted by Gasteiger charge is -2.35. The van der Waals surface area contributed by atoms with Crippen LogP contribution < -0.4 is 10.2 Å². The van der Waals surface area contributed by atoms with Crippen LogP contribution in [0.25, 0.3) is 0 Å². The van der Waals surface area contributed by atoms with Gasteiger partial charge < -0.3 is 10.2 Å². The molecule has 120 valence electrons. The number of nitro benzene ring substituents is 1. The van der Waals surface area contributed by atoms with E-state index in [9.17, 15) is 23.3 Å². The van der Waals surface area contributed by atoms with Gasteiger partial charge in [-0.25, -0.2) is 0 Å². The Balaban J connectivity index is 1.91. The maximum absolute atomic E-state index is 12.7. The van der Waals surface area contributed by atoms with Gasteiger partial charge in [0.2, 0.25) is 0 Å². The molecule has 0 bridgehead atoms. The summed E-state index contributed by atoms with van der Waals surface area (Å²) >= 11 is 0. The molecule has 0 aliphatic carbocycles. The summed E-state index contributed by atoms with van der Waals surface area (Å²) in [5.41, 5.74) is -1.18. The smallest absolute Gasteiger partial charge is 0.366 e. The minimum Gasteiger partial charge on any atom is -0.366 e. The highest BCUT2D eigenvalue weighted by Gasteiger charge is 2.37. The van der Waals surface area contributed by atoms with Crippen molar-refractivity contribution in [3.05, 3.63) is 33.9 Å². The van der Waals surface area contributed by atoms with Gasteiger partial charge in [0.25, 0.3) is 5.69 Å². The first kappa shape index (κ1) is 15.1. The van der Waals surface area contributed by atoms with E-state index in [1.54, 1.807) is 0 Å². The highest BCUT2D eigenvalue weighted by atomic mass is 19.4. The molecule has 3 rings (SSSR count). The van der Waals surface area contributed by atoms with Crippen LogP contribution in [-0.4, -0.2) is 31.1 Å². The lowest BCUT2D eigenvalue weighted by atomic mass is 9.88. The largest absolute Gasteiger partial charge is 0.416 e. The van der Waals surface area contributed by atoms with Crippen molar-refractivity contribution >= 4 is 11.4 Å². The van der Waals surface area contributed by atoms with E-state index < -0.39 is 22.4 Å². The van der Waals surface area contributed by atoms with Crippen LogP contribution in [0.5, 0.6) is 0 Å². The fraction of sp³-hybridized carbons (Fsp3) is 0.571. The first-order valence-electron chi connectivity index (χ1n) is 7.17. The number of anilines is 1. The van der Waals surface area contributed by atoms with Gasteiger partial charge in [0.05, 0.1) is 10.5 Å². The van der Waals surface area contributed by atoms with Crippen molar-refractivity contribution in [3.63, 3.8) is 0 Å². The molecule has 0 saturated carbocycles. The second-order valence-corrected chi connectivity index (χ2v) is 5.87. The minimum atomic E-state index is -4.58. The Morgan fingerprint density at radius 3 is 2.68 bits per heavy atom. The molecule has 0 radical (unpaired) electrons. The average Bonchev–Trinajstić information content (AvgIpc) is 2.92. The molecular weight excluding hydrogens is 299 g/mol. The quantitative estimate of drug-likeness (QED) is 0.673. The Bertz CT molecular complexity index is 591. The molecule has 2 saturated heterocycles. The molecule has 1 aromatic rings. The molecule has 0 aromatic heterocycles. The molecule has 22 heavy (non-hydrogen) atoms. The predicted octanol–water partition coefficient (Wildman–Crippen LogP) is 2.66. The van der Waals surface area contributed by atoms with Gasteiger partial charge in [-0.2, -0.15) is 13.2 Å². The molecule has 2 heterocycles. The molecule has 2 fully saturated rings. The summed E-state index contributed by atoms with van der Waals surface area (Å²) in [6, 6.07) is 2.78. The van der Waals surface area contributed by atoms with E-state index in [1.165, 1.54) is 6.07 Å². The van der Waals surface area contributed by atoms with Gasteiger partial charge in [-0.05, 0) is 43.5 Å². The highest BCUT2D eigenvalue weighted by molar-refractivity contribution is 5.65. The Labute approximate surface area is 125 Å². The molecule has 1 aromatic carbocycles. The monoisotopic (exact) mass is 315 g/mol. The van der Waals surface area contributed by atoms with Crippen LogP contribution >= 0.6 is 0 Å². The average molecular weight is 315 g/mol. The van der Waals surface area contributed by atoms with Crippen LogP contribution in [0.3, 0.4) is 0 Å². The lowest BCUT2D eigenvalue weighted by Crippen LogP contribution is -2.40. The third-order valence-corrected chi connectivity index (χ3v) is 4.54. The van der Waals surface area contributed by atoms with Crippen molar-refractivity contribution in [2.45, 2.75) is 12.6 Å². The van der Waals surface area contributed by atoms with E-state index in [4.69, 9.17) is 0 Å². The van der Waals surface area contributed by atoms with Crippen LogP contribution in [0.4, 0.5) is 24.5 Å². The summed E-state index contributed by atoms with van der Waals surface area (Å²) in [7, 11) is 0. The summed E-state index contributed by atoms with van der Waals surface area (Å²) in [6.07, 6.45) is -3.68. The predicted molar refractivity (Wildman–Crippen MR) is 74.8 cm³/mol. The summed E-state index contributed by atoms with van der Waals surface area (Å²) in [5, 5.41) is 14.5. The maximum Gasteiger partial charge on any atom is 0.416 e. The summed E-state index contributed by atoms with van der Waals surface area (Å²) < 4.78 is 38.2. The van der Waals surface area contributed by atoms with Gasteiger partial charge in [0.1, 0.15) is 5.69 Å². The molecule has 2 aliphatic heterocycles. The number of piperidine rings is 1. The van der Waals surface area contributed by atoms with Crippen molar-refractivity contribution in [2.24, 2.45) is 11.8 Å². The van der Waals surface area contributed by atoms with Gasteiger partial charge in [-0.3, -0.25) is 10.1 Å². The van der Waals surface area contributed by atoms with Crippen LogP contribution in [0.15, 0.2) is 18.2 Å². The molecule has 0 spiro atoms. The summed E-state index contributed by atoms with van der Waals surface area (Å²) in [4.78, 5) is 12.3. The first-order chi connectivity index (χ1) is 10.4. The number of nitrogens with one attached hydrogen (secondary N) is 1. The standard InChI is InChI=1S/C14H16F3N3O2/c15-14(16,17)11-1-2-12(13(5-11)20(21)22)19-4-3-9-6-18-7-10(9)8-19/h1-2,5,9-10,18H,3-4,6-8H2. The summed E-state index contributed by atoms with van der Waals surface area (Å²) in [5.74, 6) is 0.959. The van der Waals surface area contributed by atoms with Gasteiger partial charge in [0.15, 0.2) is 0 Å². The van der Waals surface area contributed by atoms with E-state index in [0.29, 0.717) is 31.0 Å². The van der Waals surface area contributed by atoms with Gasteiger partial charge in [-0.1, -0.05) is 0 Å². The second-order valence-electron chi connectivity index (χ2n) is 5.87. The lowest BCUT2D eigenvalue weighted by molar-refractivity contribution is -0.384. The van der Waals surface area contributed by atoms with E-state index in [2.05, 4.69) is 5.32 Å². The molecule has 2 aliphatic rings. The first-order valence-corrected chi connectivity index (χ1v) is 7.17. The molecule has 2 unspecified atom stereocenters. The fourth-order valence-electron chi connectivity index (χ4n) is 3.37. The SMILES string of the molecule is O=[N+]([O-])c1cc(C(F)(F)F)ccc1N1CCC2CNCC2C1. The number of nitro groups is 1. The zero-order valence-electron chi connectivity index (χ0n) is 11.8. The number of rotatable bonds is 2. The van der Waals surface area contributed by atoms with E-state index in [-0.39, 0.29) is 5.69 Å². The second kappa shape index (κ2) is 5.42. The van der Waals surface area contributed by atoms with Gasteiger partial charge in [-0.15, -0.1) is 0 Å². The number of hydrogen-bond acceptors (Lipinski definition) is 4. The zero-order chi connectivity index (χ0) is 15.9. The number of fused-ring (bicyclic) bond motifs is 1. The number of alkyl halides is 3. The van der Waals surface area contributed by atoms with Crippen molar-refractivity contribution in [1.29, 1.82) is 0 Å². The van der Waals surface area contributed by atoms with Crippen molar-refractivity contribution in [1.82, 2.24) is 5.32 Å². The van der Waals surface area contributed by atoms with Crippen molar-refractivity contribution in [3.8, 4) is 0 Å². The topological polar surface area (TPSA) is 58.4 Å². The van der Waals surface area contributed by atoms with E-state index in [0.717, 1.165) is 25.6 Å². The van der Waals surface area contributed by atoms with Gasteiger partial charge in [0, 0.05) is 19.2 Å². The fourth-order valence-corrected chi connectivity index (χ4v) is 3.37. The molecule has 5 nitrogen and oxygen atoms in total. The number of halogens is 3. The van der Waals surface area contributed by atoms with Crippen molar-refractivity contribution < 1.29 is 18.1 Å². The molecular formula is C14H16F3N3O2. The molecule has 1 N–H and O–H groups in total. The molecule has 0 amide bonds. The number of hydrogen-bond donors (Lipinski definition) is 1. The number of nitrogens with zero attached hydrogens (tertiary/aromatic N) is 2. The highest BCUT2D eigenvalue weighted by Crippen LogP contribution is 2.38. The summed E-state index contributed by atoms with van der Waals surface area (Å²) in [6.45, 7) is 3.09. The Kier molecular flexibility index (Phi) is 3.72. The molecule has 2 atom stereocenters. The molecule has 8 heteroatoms. The minimum absolute atomic E-state index is 0.281. The van der Waals surface area contributed by atoms with Gasteiger partial charge >= 0.3 is 6.18 Å². The van der Waals surface area contributed by atoms with Crippen molar-refractivity contribution in [2.75, 3.05) is 31.1 Å². The maximum atomic E-state index is 12.7. The Hall–Kier alpha value is -1.83. The Morgan fingerprint density at radius 2 is 2.00 bits per heavy atom. The van der Waals surface area contributed by atoms with E-state index >= 15 is 0 Å².